The number of amides is 1. The SMILES string of the molecule is CCN(CC)CC1CN(C(=O)c2cccn2C)Cc2nccn2C1. The zero-order valence-electron chi connectivity index (χ0n) is 14.9. The quantitative estimate of drug-likeness (QED) is 0.841. The van der Waals surface area contributed by atoms with E-state index in [0.29, 0.717) is 12.5 Å². The fourth-order valence-electron chi connectivity index (χ4n) is 3.50. The molecule has 0 fully saturated rings. The van der Waals surface area contributed by atoms with Crippen molar-refractivity contribution in [3.05, 3.63) is 42.2 Å². The molecule has 6 nitrogen and oxygen atoms in total. The first-order chi connectivity index (χ1) is 11.6. The first-order valence-corrected chi connectivity index (χ1v) is 8.75. The third kappa shape index (κ3) is 3.38. The summed E-state index contributed by atoms with van der Waals surface area (Å²) in [6.45, 7) is 9.72. The molecule has 130 valence electrons. The van der Waals surface area contributed by atoms with Crippen LogP contribution < -0.4 is 0 Å². The third-order valence-electron chi connectivity index (χ3n) is 4.93. The second kappa shape index (κ2) is 7.21. The van der Waals surface area contributed by atoms with Crippen molar-refractivity contribution in [3.8, 4) is 0 Å². The number of fused-ring (bicyclic) bond motifs is 1. The molecule has 1 aliphatic rings. The lowest BCUT2D eigenvalue weighted by Crippen LogP contribution is -2.39. The van der Waals surface area contributed by atoms with E-state index in [1.807, 2.05) is 47.2 Å². The summed E-state index contributed by atoms with van der Waals surface area (Å²) in [4.78, 5) is 21.8. The molecule has 0 saturated heterocycles. The summed E-state index contributed by atoms with van der Waals surface area (Å²) in [5.41, 5.74) is 0.733. The van der Waals surface area contributed by atoms with Crippen molar-refractivity contribution in [2.75, 3.05) is 26.2 Å². The molecule has 3 rings (SSSR count). The van der Waals surface area contributed by atoms with Gasteiger partial charge in [0.2, 0.25) is 0 Å². The predicted molar refractivity (Wildman–Crippen MR) is 93.7 cm³/mol. The number of carbonyl (C=O) groups excluding carboxylic acids is 1. The summed E-state index contributed by atoms with van der Waals surface area (Å²) in [6.07, 6.45) is 5.78. The largest absolute Gasteiger partial charge is 0.347 e. The lowest BCUT2D eigenvalue weighted by atomic mass is 10.1. The molecule has 1 aliphatic heterocycles. The van der Waals surface area contributed by atoms with Gasteiger partial charge in [-0.2, -0.15) is 0 Å². The van der Waals surface area contributed by atoms with E-state index in [1.165, 1.54) is 0 Å². The number of aryl methyl sites for hydroxylation is 1. The summed E-state index contributed by atoms with van der Waals surface area (Å²) >= 11 is 0. The van der Waals surface area contributed by atoms with E-state index in [-0.39, 0.29) is 5.91 Å². The normalized spacial score (nSPS) is 17.8. The van der Waals surface area contributed by atoms with E-state index in [2.05, 4.69) is 28.3 Å². The van der Waals surface area contributed by atoms with Crippen LogP contribution in [0.1, 0.15) is 30.2 Å². The highest BCUT2D eigenvalue weighted by atomic mass is 16.2. The second-order valence-electron chi connectivity index (χ2n) is 6.54. The molecule has 1 atom stereocenters. The van der Waals surface area contributed by atoms with Crippen molar-refractivity contribution in [2.45, 2.75) is 26.9 Å². The number of rotatable bonds is 5. The molecule has 24 heavy (non-hydrogen) atoms. The highest BCUT2D eigenvalue weighted by molar-refractivity contribution is 5.92. The van der Waals surface area contributed by atoms with Gasteiger partial charge in [-0.3, -0.25) is 4.79 Å². The number of imidazole rings is 1. The van der Waals surface area contributed by atoms with Crippen molar-refractivity contribution < 1.29 is 4.79 Å². The first-order valence-electron chi connectivity index (χ1n) is 8.75. The lowest BCUT2D eigenvalue weighted by molar-refractivity contribution is 0.0695. The van der Waals surface area contributed by atoms with Crippen LogP contribution in [0.2, 0.25) is 0 Å². The van der Waals surface area contributed by atoms with Crippen LogP contribution in [-0.2, 0) is 20.1 Å². The monoisotopic (exact) mass is 329 g/mol. The van der Waals surface area contributed by atoms with Crippen molar-refractivity contribution in [1.29, 1.82) is 0 Å². The zero-order chi connectivity index (χ0) is 17.1. The number of hydrogen-bond acceptors (Lipinski definition) is 3. The van der Waals surface area contributed by atoms with Gasteiger partial charge in [-0.1, -0.05) is 13.8 Å². The van der Waals surface area contributed by atoms with Crippen LogP contribution in [0.4, 0.5) is 0 Å². The van der Waals surface area contributed by atoms with E-state index in [0.717, 1.165) is 44.2 Å². The van der Waals surface area contributed by atoms with E-state index in [4.69, 9.17) is 0 Å². The molecule has 0 aliphatic carbocycles. The van der Waals surface area contributed by atoms with E-state index in [9.17, 15) is 4.79 Å². The summed E-state index contributed by atoms with van der Waals surface area (Å²) in [7, 11) is 1.92. The number of nitrogens with zero attached hydrogens (tertiary/aromatic N) is 5. The van der Waals surface area contributed by atoms with Gasteiger partial charge >= 0.3 is 0 Å². The van der Waals surface area contributed by atoms with Gasteiger partial charge in [0.1, 0.15) is 11.5 Å². The van der Waals surface area contributed by atoms with Gasteiger partial charge in [0.05, 0.1) is 6.54 Å². The van der Waals surface area contributed by atoms with E-state index in [1.54, 1.807) is 0 Å². The Morgan fingerprint density at radius 2 is 2.08 bits per heavy atom. The van der Waals surface area contributed by atoms with Crippen molar-refractivity contribution in [1.82, 2.24) is 23.9 Å². The molecule has 2 aromatic heterocycles. The Morgan fingerprint density at radius 3 is 2.75 bits per heavy atom. The molecule has 2 aromatic rings. The minimum Gasteiger partial charge on any atom is -0.347 e. The standard InChI is InChI=1S/C18H27N5O/c1-4-21(5-2)11-15-12-22-10-8-19-17(22)14-23(13-15)18(24)16-7-6-9-20(16)3/h6-10,15H,4-5,11-14H2,1-3H3. The Bertz CT molecular complexity index is 685. The summed E-state index contributed by atoms with van der Waals surface area (Å²) < 4.78 is 4.09. The van der Waals surface area contributed by atoms with Gasteiger partial charge in [0.25, 0.3) is 5.91 Å². The molecule has 0 spiro atoms. The Morgan fingerprint density at radius 1 is 1.29 bits per heavy atom. The maximum atomic E-state index is 13.0. The van der Waals surface area contributed by atoms with Crippen molar-refractivity contribution >= 4 is 5.91 Å². The van der Waals surface area contributed by atoms with Crippen LogP contribution in [-0.4, -0.2) is 56.0 Å². The van der Waals surface area contributed by atoms with Crippen LogP contribution in [0.5, 0.6) is 0 Å². The average molecular weight is 329 g/mol. The highest BCUT2D eigenvalue weighted by Gasteiger charge is 2.28. The van der Waals surface area contributed by atoms with Crippen LogP contribution in [0.3, 0.4) is 0 Å². The fourth-order valence-corrected chi connectivity index (χ4v) is 3.50. The molecule has 0 N–H and O–H groups in total. The Kier molecular flexibility index (Phi) is 5.04. The topological polar surface area (TPSA) is 46.3 Å². The molecule has 6 heteroatoms. The molecule has 3 heterocycles. The van der Waals surface area contributed by atoms with Crippen LogP contribution in [0, 0.1) is 5.92 Å². The second-order valence-corrected chi connectivity index (χ2v) is 6.54. The van der Waals surface area contributed by atoms with Crippen LogP contribution in [0.25, 0.3) is 0 Å². The van der Waals surface area contributed by atoms with Crippen LogP contribution >= 0.6 is 0 Å². The van der Waals surface area contributed by atoms with Crippen molar-refractivity contribution in [3.63, 3.8) is 0 Å². The molecule has 0 bridgehead atoms. The Balaban J connectivity index is 1.83. The number of hydrogen-bond donors (Lipinski definition) is 0. The first kappa shape index (κ1) is 16.8. The summed E-state index contributed by atoms with van der Waals surface area (Å²) in [5.74, 6) is 1.47. The highest BCUT2D eigenvalue weighted by Crippen LogP contribution is 2.19. The average Bonchev–Trinajstić information content (AvgIpc) is 3.16. The molecular formula is C18H27N5O. The van der Waals surface area contributed by atoms with Gasteiger partial charge in [0, 0.05) is 51.2 Å². The third-order valence-corrected chi connectivity index (χ3v) is 4.93. The minimum atomic E-state index is 0.0866. The number of carbonyl (C=O) groups is 1. The summed E-state index contributed by atoms with van der Waals surface area (Å²) in [6, 6.07) is 3.80. The fraction of sp³-hybridized carbons (Fsp3) is 0.556. The van der Waals surface area contributed by atoms with E-state index < -0.39 is 0 Å². The van der Waals surface area contributed by atoms with E-state index >= 15 is 0 Å². The molecule has 0 saturated carbocycles. The Hall–Kier alpha value is -2.08. The smallest absolute Gasteiger partial charge is 0.270 e. The minimum absolute atomic E-state index is 0.0866. The zero-order valence-corrected chi connectivity index (χ0v) is 14.9. The Labute approximate surface area is 143 Å². The molecule has 0 aromatic carbocycles. The van der Waals surface area contributed by atoms with Gasteiger partial charge in [0.15, 0.2) is 0 Å². The maximum absolute atomic E-state index is 13.0. The van der Waals surface area contributed by atoms with Gasteiger partial charge in [-0.15, -0.1) is 0 Å². The van der Waals surface area contributed by atoms with Crippen molar-refractivity contribution in [2.24, 2.45) is 13.0 Å². The molecule has 0 radical (unpaired) electrons. The molecular weight excluding hydrogens is 302 g/mol. The lowest BCUT2D eigenvalue weighted by Gasteiger charge is -2.28. The molecule has 1 unspecified atom stereocenters. The number of aromatic nitrogens is 3. The van der Waals surface area contributed by atoms with Crippen LogP contribution in [0.15, 0.2) is 30.7 Å². The summed E-state index contributed by atoms with van der Waals surface area (Å²) in [5, 5.41) is 0. The van der Waals surface area contributed by atoms with Gasteiger partial charge in [-0.25, -0.2) is 4.98 Å². The maximum Gasteiger partial charge on any atom is 0.270 e. The predicted octanol–water partition coefficient (Wildman–Crippen LogP) is 1.84. The van der Waals surface area contributed by atoms with Gasteiger partial charge in [-0.05, 0) is 25.2 Å². The molecule has 1 amide bonds. The van der Waals surface area contributed by atoms with Gasteiger partial charge < -0.3 is 18.9 Å².